The Kier molecular flexibility index (Phi) is 4.55. The van der Waals surface area contributed by atoms with Crippen LogP contribution in [0.5, 0.6) is 0 Å². The molecule has 0 aliphatic heterocycles. The fraction of sp³-hybridized carbons (Fsp3) is 0.333. The maximum absolute atomic E-state index is 12.4. The predicted octanol–water partition coefficient (Wildman–Crippen LogP) is 2.28. The first-order valence-corrected chi connectivity index (χ1v) is 6.83. The second-order valence-electron chi connectivity index (χ2n) is 4.94. The summed E-state index contributed by atoms with van der Waals surface area (Å²) in [5, 5.41) is 10.00. The first kappa shape index (κ1) is 15.7. The summed E-state index contributed by atoms with van der Waals surface area (Å²) in [6.07, 6.45) is 1.48. The number of benzene rings is 1. The van der Waals surface area contributed by atoms with Gasteiger partial charge in [-0.1, -0.05) is 5.22 Å². The molecule has 7 nitrogen and oxygen atoms in total. The third-order valence-corrected chi connectivity index (χ3v) is 3.01. The standard InChI is InChI=1S/C15H18N4O3/c1-5-22-15(21)12-9-19(4)13-8-10(16-17-18(2)3)6-7-11(13)14(12)20/h6-9H,5H2,1-4H3. The summed E-state index contributed by atoms with van der Waals surface area (Å²) in [5.41, 5.74) is 0.982. The number of hydrogen-bond acceptors (Lipinski definition) is 5. The second kappa shape index (κ2) is 6.38. The Balaban J connectivity index is 2.57. The minimum atomic E-state index is -0.610. The highest BCUT2D eigenvalue weighted by atomic mass is 16.5. The molecular weight excluding hydrogens is 284 g/mol. The van der Waals surface area contributed by atoms with Crippen LogP contribution in [0.25, 0.3) is 10.9 Å². The van der Waals surface area contributed by atoms with Crippen molar-refractivity contribution in [3.05, 3.63) is 40.2 Å². The summed E-state index contributed by atoms with van der Waals surface area (Å²) in [6.45, 7) is 1.93. The minimum absolute atomic E-state index is 0.0273. The largest absolute Gasteiger partial charge is 0.462 e. The number of rotatable bonds is 4. The van der Waals surface area contributed by atoms with Gasteiger partial charge in [-0.3, -0.25) is 9.80 Å². The third kappa shape index (κ3) is 3.13. The highest BCUT2D eigenvalue weighted by molar-refractivity contribution is 5.94. The Labute approximate surface area is 127 Å². The van der Waals surface area contributed by atoms with Gasteiger partial charge in [-0.05, 0) is 25.1 Å². The van der Waals surface area contributed by atoms with Crippen LogP contribution in [-0.2, 0) is 11.8 Å². The van der Waals surface area contributed by atoms with Gasteiger partial charge in [0.25, 0.3) is 0 Å². The molecule has 1 aromatic heterocycles. The molecule has 7 heteroatoms. The van der Waals surface area contributed by atoms with Crippen LogP contribution in [0.1, 0.15) is 17.3 Å². The summed E-state index contributed by atoms with van der Waals surface area (Å²) >= 11 is 0. The van der Waals surface area contributed by atoms with E-state index < -0.39 is 5.97 Å². The van der Waals surface area contributed by atoms with E-state index in [1.165, 1.54) is 6.20 Å². The van der Waals surface area contributed by atoms with E-state index in [-0.39, 0.29) is 17.6 Å². The molecule has 0 unspecified atom stereocenters. The number of carbonyl (C=O) groups is 1. The zero-order valence-corrected chi connectivity index (χ0v) is 13.0. The highest BCUT2D eigenvalue weighted by Gasteiger charge is 2.15. The summed E-state index contributed by atoms with van der Waals surface area (Å²) in [6, 6.07) is 5.08. The molecule has 2 aromatic rings. The fourth-order valence-electron chi connectivity index (χ4n) is 2.03. The van der Waals surface area contributed by atoms with Crippen LogP contribution in [0, 0.1) is 0 Å². The lowest BCUT2D eigenvalue weighted by Gasteiger charge is -2.09. The normalized spacial score (nSPS) is 11.1. The molecule has 2 rings (SSSR count). The van der Waals surface area contributed by atoms with Crippen LogP contribution in [0.2, 0.25) is 0 Å². The maximum atomic E-state index is 12.4. The van der Waals surface area contributed by atoms with Gasteiger partial charge in [-0.2, -0.15) is 0 Å². The molecule has 0 saturated heterocycles. The van der Waals surface area contributed by atoms with Gasteiger partial charge in [-0.15, -0.1) is 5.11 Å². The Morgan fingerprint density at radius 3 is 2.73 bits per heavy atom. The summed E-state index contributed by atoms with van der Waals surface area (Å²) in [7, 11) is 5.30. The number of pyridine rings is 1. The van der Waals surface area contributed by atoms with Crippen molar-refractivity contribution in [2.75, 3.05) is 20.7 Å². The summed E-state index contributed by atoms with van der Waals surface area (Å²) in [4.78, 5) is 24.2. The van der Waals surface area contributed by atoms with Crippen LogP contribution in [0.3, 0.4) is 0 Å². The molecule has 0 spiro atoms. The van der Waals surface area contributed by atoms with Crippen molar-refractivity contribution >= 4 is 22.6 Å². The molecule has 116 valence electrons. The number of aromatic nitrogens is 1. The number of nitrogens with zero attached hydrogens (tertiary/aromatic N) is 4. The molecule has 22 heavy (non-hydrogen) atoms. The van der Waals surface area contributed by atoms with Gasteiger partial charge in [-0.25, -0.2) is 4.79 Å². The third-order valence-electron chi connectivity index (χ3n) is 3.01. The van der Waals surface area contributed by atoms with Crippen molar-refractivity contribution in [1.82, 2.24) is 9.58 Å². The highest BCUT2D eigenvalue weighted by Crippen LogP contribution is 2.20. The molecule has 0 fully saturated rings. The molecule has 0 N–H and O–H groups in total. The van der Waals surface area contributed by atoms with E-state index in [0.717, 1.165) is 0 Å². The number of carbonyl (C=O) groups excluding carboxylic acids is 1. The van der Waals surface area contributed by atoms with Crippen molar-refractivity contribution < 1.29 is 9.53 Å². The lowest BCUT2D eigenvalue weighted by atomic mass is 10.1. The Bertz CT molecular complexity index is 793. The SMILES string of the molecule is CCOC(=O)c1cn(C)c2cc(N=NN(C)C)ccc2c1=O. The molecule has 1 heterocycles. The van der Waals surface area contributed by atoms with Crippen molar-refractivity contribution in [2.45, 2.75) is 6.92 Å². The van der Waals surface area contributed by atoms with E-state index in [4.69, 9.17) is 4.74 Å². The smallest absolute Gasteiger partial charge is 0.343 e. The quantitative estimate of drug-likeness (QED) is 0.493. The molecule has 0 saturated carbocycles. The average Bonchev–Trinajstić information content (AvgIpc) is 2.48. The fourth-order valence-corrected chi connectivity index (χ4v) is 2.03. The van der Waals surface area contributed by atoms with Crippen molar-refractivity contribution in [3.8, 4) is 0 Å². The van der Waals surface area contributed by atoms with Crippen LogP contribution in [0.4, 0.5) is 5.69 Å². The van der Waals surface area contributed by atoms with Crippen molar-refractivity contribution in [3.63, 3.8) is 0 Å². The molecule has 1 aromatic carbocycles. The number of hydrogen-bond donors (Lipinski definition) is 0. The molecule has 0 bridgehead atoms. The number of aryl methyl sites for hydroxylation is 1. The Morgan fingerprint density at radius 1 is 1.36 bits per heavy atom. The minimum Gasteiger partial charge on any atom is -0.462 e. The van der Waals surface area contributed by atoms with E-state index in [2.05, 4.69) is 10.3 Å². The monoisotopic (exact) mass is 302 g/mol. The first-order chi connectivity index (χ1) is 10.4. The topological polar surface area (TPSA) is 76.3 Å². The molecule has 0 amide bonds. The molecule has 0 atom stereocenters. The van der Waals surface area contributed by atoms with Gasteiger partial charge in [0.2, 0.25) is 5.43 Å². The van der Waals surface area contributed by atoms with Crippen molar-refractivity contribution in [1.29, 1.82) is 0 Å². The molecule has 0 aliphatic rings. The van der Waals surface area contributed by atoms with Gasteiger partial charge in [0.05, 0.1) is 17.8 Å². The zero-order valence-electron chi connectivity index (χ0n) is 13.0. The van der Waals surface area contributed by atoms with Crippen LogP contribution in [-0.4, -0.2) is 36.2 Å². The Hall–Kier alpha value is -2.70. The van der Waals surface area contributed by atoms with Crippen molar-refractivity contribution in [2.24, 2.45) is 17.4 Å². The lowest BCUT2D eigenvalue weighted by Crippen LogP contribution is -2.20. The van der Waals surface area contributed by atoms with E-state index in [0.29, 0.717) is 16.6 Å². The van der Waals surface area contributed by atoms with E-state index in [9.17, 15) is 9.59 Å². The van der Waals surface area contributed by atoms with E-state index >= 15 is 0 Å². The number of esters is 1. The average molecular weight is 302 g/mol. The predicted molar refractivity (Wildman–Crippen MR) is 83.3 cm³/mol. The second-order valence-corrected chi connectivity index (χ2v) is 4.94. The number of fused-ring (bicyclic) bond motifs is 1. The molecular formula is C15H18N4O3. The van der Waals surface area contributed by atoms with E-state index in [1.54, 1.807) is 55.8 Å². The van der Waals surface area contributed by atoms with Gasteiger partial charge in [0.1, 0.15) is 5.56 Å². The van der Waals surface area contributed by atoms with Gasteiger partial charge >= 0.3 is 5.97 Å². The summed E-state index contributed by atoms with van der Waals surface area (Å²) in [5.74, 6) is -0.610. The van der Waals surface area contributed by atoms with Crippen LogP contribution >= 0.6 is 0 Å². The Morgan fingerprint density at radius 2 is 2.09 bits per heavy atom. The number of ether oxygens (including phenoxy) is 1. The zero-order chi connectivity index (χ0) is 16.3. The van der Waals surface area contributed by atoms with E-state index in [1.807, 2.05) is 0 Å². The first-order valence-electron chi connectivity index (χ1n) is 6.83. The van der Waals surface area contributed by atoms with Crippen LogP contribution in [0.15, 0.2) is 39.5 Å². The molecule has 0 radical (unpaired) electrons. The van der Waals surface area contributed by atoms with Gasteiger partial charge < -0.3 is 9.30 Å². The van der Waals surface area contributed by atoms with Crippen LogP contribution < -0.4 is 5.43 Å². The van der Waals surface area contributed by atoms with Gasteiger partial charge in [0, 0.05) is 32.7 Å². The summed E-state index contributed by atoms with van der Waals surface area (Å²) < 4.78 is 6.62. The maximum Gasteiger partial charge on any atom is 0.343 e. The lowest BCUT2D eigenvalue weighted by molar-refractivity contribution is 0.0524. The van der Waals surface area contributed by atoms with Gasteiger partial charge in [0.15, 0.2) is 0 Å². The molecule has 0 aliphatic carbocycles.